The van der Waals surface area contributed by atoms with Crippen LogP contribution in [0.1, 0.15) is 272 Å². The fraction of sp³-hybridized carbons (Fsp3) is 0.939. The molecule has 6 heteroatoms. The van der Waals surface area contributed by atoms with E-state index in [1.165, 1.54) is 167 Å². The van der Waals surface area contributed by atoms with Gasteiger partial charge in [-0.15, -0.1) is 0 Å². The molecule has 0 fully saturated rings. The Morgan fingerprint density at radius 1 is 0.364 bits per heavy atom. The van der Waals surface area contributed by atoms with E-state index in [1.807, 2.05) is 0 Å². The van der Waals surface area contributed by atoms with E-state index >= 15 is 0 Å². The first-order valence-electron chi connectivity index (χ1n) is 24.4. The van der Waals surface area contributed by atoms with Crippen LogP contribution in [0, 0.1) is 5.92 Å². The summed E-state index contributed by atoms with van der Waals surface area (Å²) in [5, 5.41) is 0. The van der Waals surface area contributed by atoms with Crippen molar-refractivity contribution in [1.82, 2.24) is 0 Å². The lowest BCUT2D eigenvalue weighted by Gasteiger charge is -2.18. The van der Waals surface area contributed by atoms with Gasteiger partial charge in [0.15, 0.2) is 6.10 Å². The van der Waals surface area contributed by atoms with Crippen LogP contribution in [-0.2, 0) is 28.6 Å². The SMILES string of the molecule is CCCCCCCCCCCCCCCCC(=O)O[C@@H](COC(=O)CCCCCCCCCCCCC)COC(=O)CCCCCCCCCCC(C)CC. The molecule has 0 amide bonds. The largest absolute Gasteiger partial charge is 0.462 e. The van der Waals surface area contributed by atoms with Crippen molar-refractivity contribution in [2.24, 2.45) is 5.92 Å². The molecule has 0 saturated heterocycles. The summed E-state index contributed by atoms with van der Waals surface area (Å²) in [7, 11) is 0. The van der Waals surface area contributed by atoms with Crippen molar-refractivity contribution >= 4 is 17.9 Å². The zero-order chi connectivity index (χ0) is 40.3. The van der Waals surface area contributed by atoms with E-state index in [9.17, 15) is 14.4 Å². The van der Waals surface area contributed by atoms with E-state index in [1.54, 1.807) is 0 Å². The van der Waals surface area contributed by atoms with Gasteiger partial charge in [-0.1, -0.05) is 233 Å². The Bertz CT molecular complexity index is 828. The van der Waals surface area contributed by atoms with Crippen LogP contribution in [0.15, 0.2) is 0 Å². The minimum Gasteiger partial charge on any atom is -0.462 e. The molecule has 0 saturated carbocycles. The predicted molar refractivity (Wildman–Crippen MR) is 233 cm³/mol. The lowest BCUT2D eigenvalue weighted by molar-refractivity contribution is -0.167. The summed E-state index contributed by atoms with van der Waals surface area (Å²) in [6, 6.07) is 0. The molecule has 0 aromatic carbocycles. The quantitative estimate of drug-likeness (QED) is 0.0348. The molecule has 0 heterocycles. The van der Waals surface area contributed by atoms with Crippen molar-refractivity contribution in [3.8, 4) is 0 Å². The van der Waals surface area contributed by atoms with Crippen LogP contribution >= 0.6 is 0 Å². The lowest BCUT2D eigenvalue weighted by Crippen LogP contribution is -2.30. The average Bonchev–Trinajstić information content (AvgIpc) is 3.18. The highest BCUT2D eigenvalue weighted by Crippen LogP contribution is 2.17. The van der Waals surface area contributed by atoms with Crippen molar-refractivity contribution in [1.29, 1.82) is 0 Å². The molecule has 2 atom stereocenters. The molecule has 0 aromatic rings. The first kappa shape index (κ1) is 53.4. The lowest BCUT2D eigenvalue weighted by atomic mass is 9.99. The van der Waals surface area contributed by atoms with Crippen LogP contribution < -0.4 is 0 Å². The number of ether oxygens (including phenoxy) is 3. The van der Waals surface area contributed by atoms with E-state index in [4.69, 9.17) is 14.2 Å². The summed E-state index contributed by atoms with van der Waals surface area (Å²) in [4.78, 5) is 37.8. The standard InChI is InChI=1S/C49H94O6/c1-5-8-10-12-14-16-18-19-20-22-24-30-34-38-42-49(52)55-46(43-53-47(50)40-36-32-28-23-21-17-15-13-11-9-6-2)44-54-48(51)41-37-33-29-26-25-27-31-35-39-45(4)7-3/h45-46H,5-44H2,1-4H3/t45?,46-/m0/s1. The molecule has 0 bridgehead atoms. The summed E-state index contributed by atoms with van der Waals surface area (Å²) in [5.41, 5.74) is 0. The molecule has 326 valence electrons. The second-order valence-electron chi connectivity index (χ2n) is 17.0. The van der Waals surface area contributed by atoms with Gasteiger partial charge in [-0.2, -0.15) is 0 Å². The van der Waals surface area contributed by atoms with Crippen molar-refractivity contribution in [3.05, 3.63) is 0 Å². The molecule has 0 aromatic heterocycles. The van der Waals surface area contributed by atoms with Gasteiger partial charge in [0.05, 0.1) is 0 Å². The van der Waals surface area contributed by atoms with Gasteiger partial charge in [0, 0.05) is 19.3 Å². The molecule has 0 N–H and O–H groups in total. The van der Waals surface area contributed by atoms with Gasteiger partial charge in [0.2, 0.25) is 0 Å². The fourth-order valence-electron chi connectivity index (χ4n) is 7.30. The highest BCUT2D eigenvalue weighted by Gasteiger charge is 2.19. The van der Waals surface area contributed by atoms with Gasteiger partial charge in [-0.25, -0.2) is 0 Å². The first-order valence-corrected chi connectivity index (χ1v) is 24.4. The van der Waals surface area contributed by atoms with E-state index < -0.39 is 6.10 Å². The molecular weight excluding hydrogens is 685 g/mol. The zero-order valence-electron chi connectivity index (χ0n) is 37.4. The summed E-state index contributed by atoms with van der Waals surface area (Å²) < 4.78 is 16.8. The number of hydrogen-bond donors (Lipinski definition) is 0. The monoisotopic (exact) mass is 779 g/mol. The predicted octanol–water partition coefficient (Wildman–Crippen LogP) is 15.5. The molecule has 0 radical (unpaired) electrons. The molecular formula is C49H94O6. The van der Waals surface area contributed by atoms with Gasteiger partial charge in [0.25, 0.3) is 0 Å². The molecule has 6 nitrogen and oxygen atoms in total. The van der Waals surface area contributed by atoms with Crippen LogP contribution in [0.4, 0.5) is 0 Å². The zero-order valence-corrected chi connectivity index (χ0v) is 37.4. The highest BCUT2D eigenvalue weighted by molar-refractivity contribution is 5.71. The van der Waals surface area contributed by atoms with Crippen molar-refractivity contribution in [2.45, 2.75) is 278 Å². The number of hydrogen-bond acceptors (Lipinski definition) is 6. The molecule has 0 aliphatic heterocycles. The van der Waals surface area contributed by atoms with E-state index in [-0.39, 0.29) is 31.1 Å². The van der Waals surface area contributed by atoms with Crippen LogP contribution in [0.25, 0.3) is 0 Å². The molecule has 55 heavy (non-hydrogen) atoms. The highest BCUT2D eigenvalue weighted by atomic mass is 16.6. The number of esters is 3. The van der Waals surface area contributed by atoms with Crippen molar-refractivity contribution < 1.29 is 28.6 Å². The normalized spacial score (nSPS) is 12.4. The maximum Gasteiger partial charge on any atom is 0.306 e. The first-order chi connectivity index (χ1) is 26.9. The van der Waals surface area contributed by atoms with E-state index in [0.717, 1.165) is 63.7 Å². The molecule has 0 rings (SSSR count). The van der Waals surface area contributed by atoms with Crippen LogP contribution in [0.5, 0.6) is 0 Å². The third-order valence-corrected chi connectivity index (χ3v) is 11.4. The number of unbranched alkanes of at least 4 members (excludes halogenated alkanes) is 30. The van der Waals surface area contributed by atoms with Crippen LogP contribution in [0.2, 0.25) is 0 Å². The van der Waals surface area contributed by atoms with Crippen molar-refractivity contribution in [2.75, 3.05) is 13.2 Å². The Balaban J connectivity index is 4.33. The van der Waals surface area contributed by atoms with Crippen molar-refractivity contribution in [3.63, 3.8) is 0 Å². The maximum atomic E-state index is 12.7. The maximum absolute atomic E-state index is 12.7. The Kier molecular flexibility index (Phi) is 42.3. The van der Waals surface area contributed by atoms with Gasteiger partial charge in [0.1, 0.15) is 13.2 Å². The average molecular weight is 779 g/mol. The second-order valence-corrected chi connectivity index (χ2v) is 17.0. The molecule has 0 aliphatic rings. The molecule has 0 spiro atoms. The number of carbonyl (C=O) groups is 3. The number of rotatable bonds is 44. The Hall–Kier alpha value is -1.59. The summed E-state index contributed by atoms with van der Waals surface area (Å²) in [6.45, 7) is 9.01. The Labute approximate surface area is 342 Å². The van der Waals surface area contributed by atoms with Gasteiger partial charge >= 0.3 is 17.9 Å². The van der Waals surface area contributed by atoms with Crippen LogP contribution in [-0.4, -0.2) is 37.2 Å². The summed E-state index contributed by atoms with van der Waals surface area (Å²) in [5.74, 6) is -0.00243. The summed E-state index contributed by atoms with van der Waals surface area (Å²) >= 11 is 0. The minimum atomic E-state index is -0.760. The number of carbonyl (C=O) groups excluding carboxylic acids is 3. The van der Waals surface area contributed by atoms with Gasteiger partial charge in [-0.05, 0) is 25.2 Å². The van der Waals surface area contributed by atoms with E-state index in [0.29, 0.717) is 19.3 Å². The Morgan fingerprint density at radius 2 is 0.636 bits per heavy atom. The van der Waals surface area contributed by atoms with E-state index in [2.05, 4.69) is 27.7 Å². The molecule has 1 unspecified atom stereocenters. The molecule has 0 aliphatic carbocycles. The summed E-state index contributed by atoms with van der Waals surface area (Å²) in [6.07, 6.45) is 43.6. The fourth-order valence-corrected chi connectivity index (χ4v) is 7.30. The second kappa shape index (κ2) is 43.5. The smallest absolute Gasteiger partial charge is 0.306 e. The third-order valence-electron chi connectivity index (χ3n) is 11.4. The van der Waals surface area contributed by atoms with Crippen LogP contribution in [0.3, 0.4) is 0 Å². The topological polar surface area (TPSA) is 78.9 Å². The van der Waals surface area contributed by atoms with Gasteiger partial charge in [-0.3, -0.25) is 14.4 Å². The van der Waals surface area contributed by atoms with Gasteiger partial charge < -0.3 is 14.2 Å². The third kappa shape index (κ3) is 41.9. The minimum absolute atomic E-state index is 0.0635. The Morgan fingerprint density at radius 3 is 0.945 bits per heavy atom.